The molecule has 4 aliphatic heterocycles. The molecule has 1 unspecified atom stereocenters. The van der Waals surface area contributed by atoms with Gasteiger partial charge in [-0.2, -0.15) is 13.2 Å². The summed E-state index contributed by atoms with van der Waals surface area (Å²) in [6.45, 7) is 10.8. The van der Waals surface area contributed by atoms with Crippen LogP contribution in [0.5, 0.6) is 0 Å². The van der Waals surface area contributed by atoms with Gasteiger partial charge in [-0.15, -0.1) is 0 Å². The number of hydroxylamine groups is 1. The quantitative estimate of drug-likeness (QED) is 0.416. The smallest absolute Gasteiger partial charge is 0.416 e. The lowest BCUT2D eigenvalue weighted by atomic mass is 9.91. The Balaban J connectivity index is 0.000000219. The molecule has 0 bridgehead atoms. The van der Waals surface area contributed by atoms with E-state index >= 15 is 0 Å². The van der Waals surface area contributed by atoms with Gasteiger partial charge in [-0.05, 0) is 49.1 Å². The Kier molecular flexibility index (Phi) is 10.5. The number of nitrogens with one attached hydrogen (secondary N) is 1. The summed E-state index contributed by atoms with van der Waals surface area (Å²) in [7, 11) is 0. The van der Waals surface area contributed by atoms with Crippen LogP contribution in [0.25, 0.3) is 0 Å². The van der Waals surface area contributed by atoms with E-state index in [-0.39, 0.29) is 12.3 Å². The van der Waals surface area contributed by atoms with Crippen LogP contribution in [0.2, 0.25) is 0 Å². The number of ether oxygens (including phenoxy) is 1. The van der Waals surface area contributed by atoms with E-state index in [4.69, 9.17) is 9.57 Å². The van der Waals surface area contributed by atoms with Crippen molar-refractivity contribution in [3.63, 3.8) is 0 Å². The summed E-state index contributed by atoms with van der Waals surface area (Å²) < 4.78 is 43.9. The van der Waals surface area contributed by atoms with Gasteiger partial charge < -0.3 is 9.64 Å². The third kappa shape index (κ3) is 8.55. The van der Waals surface area contributed by atoms with Gasteiger partial charge in [-0.1, -0.05) is 32.0 Å². The number of hydrogen-bond acceptors (Lipinski definition) is 8. The minimum absolute atomic E-state index is 0.0637. The Bertz CT molecular complexity index is 1350. The maximum Gasteiger partial charge on any atom is 0.416 e. The fraction of sp³-hybridized carbons (Fsp3) is 0.576. The average molecular weight is 645 g/mol. The molecule has 0 aliphatic carbocycles. The SMILES string of the molecule is CC(C)C1=NC(C2CCN(C=O)CC2)ON1.Cc1ccc(CN2CC3(CCN(Cc4ccc(C(F)(F)F)cc4)CC3)OC2=O)nc1. The third-order valence-corrected chi connectivity index (χ3v) is 9.05. The van der Waals surface area contributed by atoms with Crippen LogP contribution in [0.4, 0.5) is 18.0 Å². The first kappa shape index (κ1) is 33.6. The first-order chi connectivity index (χ1) is 21.9. The number of halogens is 3. The number of aromatic nitrogens is 1. The van der Waals surface area contributed by atoms with Crippen LogP contribution in [0.3, 0.4) is 0 Å². The second kappa shape index (κ2) is 14.4. The fourth-order valence-corrected chi connectivity index (χ4v) is 6.13. The number of nitrogens with zero attached hydrogens (tertiary/aromatic N) is 5. The standard InChI is InChI=1S/C22H24F3N3O2.C11H19N3O2/c1-16-2-7-19(26-12-16)14-28-15-21(30-20(28)29)8-10-27(11-9-21)13-17-3-5-18(6-4-17)22(23,24)25;1-8(2)10-12-11(16-13-10)9-3-5-14(7-15)6-4-9/h2-7,12H,8-11,13-15H2,1H3;7-9,11H,3-6H2,1-2H3,(H,12,13). The molecule has 1 aromatic carbocycles. The number of amides is 2. The molecular formula is C33H43F3N6O4. The van der Waals surface area contributed by atoms with Crippen molar-refractivity contribution in [2.45, 2.75) is 77.5 Å². The van der Waals surface area contributed by atoms with Gasteiger partial charge in [-0.3, -0.25) is 25.1 Å². The molecule has 5 heterocycles. The van der Waals surface area contributed by atoms with Crippen LogP contribution in [0.15, 0.2) is 47.6 Å². The average Bonchev–Trinajstić information content (AvgIpc) is 3.65. The van der Waals surface area contributed by atoms with Crippen LogP contribution in [-0.4, -0.2) is 82.6 Å². The van der Waals surface area contributed by atoms with Gasteiger partial charge in [0.15, 0.2) is 6.23 Å². The second-order valence-electron chi connectivity index (χ2n) is 13.0. The lowest BCUT2D eigenvalue weighted by Crippen LogP contribution is -2.46. The molecule has 250 valence electrons. The van der Waals surface area contributed by atoms with E-state index in [1.165, 1.54) is 12.1 Å². The van der Waals surface area contributed by atoms with Gasteiger partial charge in [0.2, 0.25) is 6.41 Å². The fourth-order valence-electron chi connectivity index (χ4n) is 6.13. The highest BCUT2D eigenvalue weighted by Crippen LogP contribution is 2.35. The van der Waals surface area contributed by atoms with Gasteiger partial charge in [0.05, 0.1) is 24.3 Å². The lowest BCUT2D eigenvalue weighted by molar-refractivity contribution is -0.137. The van der Waals surface area contributed by atoms with Crippen LogP contribution in [0, 0.1) is 18.8 Å². The molecule has 4 aliphatic rings. The summed E-state index contributed by atoms with van der Waals surface area (Å²) in [6.07, 6.45) is 1.37. The molecule has 3 fully saturated rings. The van der Waals surface area contributed by atoms with Crippen molar-refractivity contribution < 1.29 is 32.3 Å². The minimum atomic E-state index is -4.32. The number of aryl methyl sites for hydroxylation is 1. The molecular weight excluding hydrogens is 601 g/mol. The Hall–Kier alpha value is -3.71. The topological polar surface area (TPSA) is 99.6 Å². The number of alkyl halides is 3. The number of pyridine rings is 1. The Labute approximate surface area is 267 Å². The number of hydrogen-bond donors (Lipinski definition) is 1. The number of benzene rings is 1. The molecule has 1 aromatic heterocycles. The van der Waals surface area contributed by atoms with Crippen LogP contribution in [-0.2, 0) is 33.6 Å². The summed E-state index contributed by atoms with van der Waals surface area (Å²) in [6, 6.07) is 9.19. The van der Waals surface area contributed by atoms with E-state index in [9.17, 15) is 22.8 Å². The van der Waals surface area contributed by atoms with E-state index in [1.807, 2.05) is 24.0 Å². The minimum Gasteiger partial charge on any atom is -0.441 e. The number of aliphatic imine (C=N–C) groups is 1. The summed E-state index contributed by atoms with van der Waals surface area (Å²) in [4.78, 5) is 43.0. The molecule has 13 heteroatoms. The van der Waals surface area contributed by atoms with Gasteiger partial charge in [0.1, 0.15) is 11.4 Å². The van der Waals surface area contributed by atoms with Crippen molar-refractivity contribution in [1.29, 1.82) is 0 Å². The van der Waals surface area contributed by atoms with E-state index in [0.29, 0.717) is 44.3 Å². The number of carbonyl (C=O) groups excluding carboxylic acids is 2. The molecule has 2 aromatic rings. The summed E-state index contributed by atoms with van der Waals surface area (Å²) in [5.41, 5.74) is 4.51. The van der Waals surface area contributed by atoms with Crippen molar-refractivity contribution >= 4 is 18.3 Å². The number of rotatable bonds is 7. The molecule has 1 spiro atoms. The Morgan fingerprint density at radius 2 is 1.74 bits per heavy atom. The lowest BCUT2D eigenvalue weighted by Gasteiger charge is -2.37. The van der Waals surface area contributed by atoms with Crippen molar-refractivity contribution in [3.05, 3.63) is 65.0 Å². The Morgan fingerprint density at radius 3 is 2.30 bits per heavy atom. The predicted molar refractivity (Wildman–Crippen MR) is 165 cm³/mol. The van der Waals surface area contributed by atoms with Gasteiger partial charge in [-0.25, -0.2) is 14.6 Å². The van der Waals surface area contributed by atoms with Crippen LogP contribution in [0.1, 0.15) is 61.9 Å². The molecule has 1 atom stereocenters. The van der Waals surface area contributed by atoms with Crippen molar-refractivity contribution in [2.24, 2.45) is 16.8 Å². The largest absolute Gasteiger partial charge is 0.441 e. The highest BCUT2D eigenvalue weighted by atomic mass is 19.4. The number of amidine groups is 1. The van der Waals surface area contributed by atoms with E-state index in [2.05, 4.69) is 34.2 Å². The van der Waals surface area contributed by atoms with Gasteiger partial charge in [0, 0.05) is 63.6 Å². The summed E-state index contributed by atoms with van der Waals surface area (Å²) in [5.74, 6) is 1.74. The molecule has 10 nitrogen and oxygen atoms in total. The van der Waals surface area contributed by atoms with Gasteiger partial charge in [0.25, 0.3) is 0 Å². The zero-order valence-corrected chi connectivity index (χ0v) is 26.6. The van der Waals surface area contributed by atoms with Crippen LogP contribution >= 0.6 is 0 Å². The van der Waals surface area contributed by atoms with Gasteiger partial charge >= 0.3 is 12.3 Å². The molecule has 0 radical (unpaired) electrons. The molecule has 3 saturated heterocycles. The molecule has 6 rings (SSSR count). The van der Waals surface area contributed by atoms with Crippen LogP contribution < -0.4 is 5.48 Å². The number of likely N-dealkylation sites (tertiary alicyclic amines) is 2. The molecule has 46 heavy (non-hydrogen) atoms. The number of piperidine rings is 2. The maximum absolute atomic E-state index is 12.7. The molecule has 0 saturated carbocycles. The third-order valence-electron chi connectivity index (χ3n) is 9.05. The van der Waals surface area contributed by atoms with Crippen molar-refractivity contribution in [1.82, 2.24) is 25.2 Å². The summed E-state index contributed by atoms with van der Waals surface area (Å²) >= 11 is 0. The first-order valence-corrected chi connectivity index (χ1v) is 15.9. The zero-order chi connectivity index (χ0) is 32.9. The highest BCUT2D eigenvalue weighted by Gasteiger charge is 2.47. The number of carbonyl (C=O) groups is 2. The van der Waals surface area contributed by atoms with E-state index in [0.717, 1.165) is 80.2 Å². The molecule has 2 amide bonds. The summed E-state index contributed by atoms with van der Waals surface area (Å²) in [5, 5.41) is 0. The normalized spacial score (nSPS) is 21.9. The Morgan fingerprint density at radius 1 is 1.04 bits per heavy atom. The molecule has 1 N–H and O–H groups in total. The highest BCUT2D eigenvalue weighted by molar-refractivity contribution is 5.84. The van der Waals surface area contributed by atoms with Crippen molar-refractivity contribution in [3.8, 4) is 0 Å². The predicted octanol–water partition coefficient (Wildman–Crippen LogP) is 5.17. The second-order valence-corrected chi connectivity index (χ2v) is 13.0. The zero-order valence-electron chi connectivity index (χ0n) is 26.6. The van der Waals surface area contributed by atoms with E-state index < -0.39 is 17.3 Å². The first-order valence-electron chi connectivity index (χ1n) is 15.9. The monoisotopic (exact) mass is 644 g/mol. The van der Waals surface area contributed by atoms with Crippen molar-refractivity contribution in [2.75, 3.05) is 32.7 Å². The maximum atomic E-state index is 12.7. The van der Waals surface area contributed by atoms with E-state index in [1.54, 1.807) is 11.1 Å².